The molecule has 1 heterocycles. The highest BCUT2D eigenvalue weighted by Gasteiger charge is 2.10. The summed E-state index contributed by atoms with van der Waals surface area (Å²) in [4.78, 5) is 4.04. The molecule has 1 atom stereocenters. The molecule has 1 unspecified atom stereocenters. The van der Waals surface area contributed by atoms with Crippen molar-refractivity contribution in [3.63, 3.8) is 0 Å². The first-order chi connectivity index (χ1) is 8.90. The summed E-state index contributed by atoms with van der Waals surface area (Å²) >= 11 is 0. The SMILES string of the molecule is OCCOC(Nc1cccnc1)c1ccccc1. The standard InChI is InChI=1S/C14H16N2O2/c17-9-10-18-14(12-5-2-1-3-6-12)16-13-7-4-8-15-11-13/h1-8,11,14,16-17H,9-10H2. The number of aromatic nitrogens is 1. The van der Waals surface area contributed by atoms with E-state index >= 15 is 0 Å². The van der Waals surface area contributed by atoms with Crippen LogP contribution >= 0.6 is 0 Å². The van der Waals surface area contributed by atoms with Crippen LogP contribution in [0.25, 0.3) is 0 Å². The molecule has 0 aliphatic heterocycles. The molecule has 18 heavy (non-hydrogen) atoms. The number of nitrogens with zero attached hydrogens (tertiary/aromatic N) is 1. The Bertz CT molecular complexity index is 448. The summed E-state index contributed by atoms with van der Waals surface area (Å²) in [7, 11) is 0. The van der Waals surface area contributed by atoms with Gasteiger partial charge in [0.05, 0.1) is 25.1 Å². The lowest BCUT2D eigenvalue weighted by atomic mass is 10.2. The zero-order chi connectivity index (χ0) is 12.6. The highest BCUT2D eigenvalue weighted by Crippen LogP contribution is 2.19. The Hall–Kier alpha value is -1.91. The molecule has 0 bridgehead atoms. The smallest absolute Gasteiger partial charge is 0.154 e. The number of benzene rings is 1. The predicted octanol–water partition coefficient (Wildman–Crippen LogP) is 2.20. The molecular formula is C14H16N2O2. The van der Waals surface area contributed by atoms with Crippen molar-refractivity contribution < 1.29 is 9.84 Å². The lowest BCUT2D eigenvalue weighted by Crippen LogP contribution is -2.16. The van der Waals surface area contributed by atoms with Gasteiger partial charge in [-0.15, -0.1) is 0 Å². The number of nitrogens with one attached hydrogen (secondary N) is 1. The summed E-state index contributed by atoms with van der Waals surface area (Å²) < 4.78 is 5.59. The number of ether oxygens (including phenoxy) is 1. The van der Waals surface area contributed by atoms with Crippen molar-refractivity contribution >= 4 is 5.69 Å². The Balaban J connectivity index is 2.10. The number of hydrogen-bond acceptors (Lipinski definition) is 4. The highest BCUT2D eigenvalue weighted by molar-refractivity contribution is 5.42. The van der Waals surface area contributed by atoms with E-state index in [1.807, 2.05) is 42.5 Å². The van der Waals surface area contributed by atoms with Crippen LogP contribution < -0.4 is 5.32 Å². The maximum Gasteiger partial charge on any atom is 0.154 e. The molecule has 4 heteroatoms. The van der Waals surface area contributed by atoms with Crippen LogP contribution in [0.1, 0.15) is 11.8 Å². The van der Waals surface area contributed by atoms with Crippen LogP contribution in [0.15, 0.2) is 54.9 Å². The first-order valence-corrected chi connectivity index (χ1v) is 5.84. The van der Waals surface area contributed by atoms with Crippen LogP contribution in [0.2, 0.25) is 0 Å². The maximum atomic E-state index is 8.86. The molecule has 2 rings (SSSR count). The topological polar surface area (TPSA) is 54.4 Å². The van der Waals surface area contributed by atoms with E-state index in [-0.39, 0.29) is 19.4 Å². The molecule has 2 N–H and O–H groups in total. The molecular weight excluding hydrogens is 228 g/mol. The Morgan fingerprint density at radius 3 is 2.67 bits per heavy atom. The molecule has 2 aromatic rings. The number of pyridine rings is 1. The molecule has 0 fully saturated rings. The molecule has 0 aliphatic carbocycles. The minimum atomic E-state index is -0.289. The fraction of sp³-hybridized carbons (Fsp3) is 0.214. The Morgan fingerprint density at radius 2 is 2.00 bits per heavy atom. The number of rotatable bonds is 6. The lowest BCUT2D eigenvalue weighted by Gasteiger charge is -2.20. The molecule has 0 radical (unpaired) electrons. The van der Waals surface area contributed by atoms with Crippen molar-refractivity contribution in [2.75, 3.05) is 18.5 Å². The molecule has 1 aromatic heterocycles. The van der Waals surface area contributed by atoms with Crippen molar-refractivity contribution in [2.45, 2.75) is 6.23 Å². The number of aliphatic hydroxyl groups is 1. The van der Waals surface area contributed by atoms with E-state index in [0.29, 0.717) is 0 Å². The van der Waals surface area contributed by atoms with Crippen LogP contribution in [0, 0.1) is 0 Å². The van der Waals surface area contributed by atoms with E-state index in [2.05, 4.69) is 10.3 Å². The third kappa shape index (κ3) is 3.55. The zero-order valence-corrected chi connectivity index (χ0v) is 9.99. The fourth-order valence-corrected chi connectivity index (χ4v) is 1.62. The monoisotopic (exact) mass is 244 g/mol. The van der Waals surface area contributed by atoms with Gasteiger partial charge in [0.1, 0.15) is 0 Å². The van der Waals surface area contributed by atoms with E-state index in [1.54, 1.807) is 12.4 Å². The van der Waals surface area contributed by atoms with Crippen molar-refractivity contribution in [3.05, 3.63) is 60.4 Å². The van der Waals surface area contributed by atoms with Crippen molar-refractivity contribution in [2.24, 2.45) is 0 Å². The van der Waals surface area contributed by atoms with Crippen molar-refractivity contribution in [1.29, 1.82) is 0 Å². The van der Waals surface area contributed by atoms with Crippen molar-refractivity contribution in [1.82, 2.24) is 4.98 Å². The quantitative estimate of drug-likeness (QED) is 0.765. The Labute approximate surface area is 106 Å². The van der Waals surface area contributed by atoms with Crippen LogP contribution in [0.4, 0.5) is 5.69 Å². The zero-order valence-electron chi connectivity index (χ0n) is 9.99. The van der Waals surface area contributed by atoms with Gasteiger partial charge in [-0.2, -0.15) is 0 Å². The number of hydrogen-bond donors (Lipinski definition) is 2. The molecule has 0 amide bonds. The average Bonchev–Trinajstić information content (AvgIpc) is 2.45. The van der Waals surface area contributed by atoms with Gasteiger partial charge in [-0.05, 0) is 12.1 Å². The third-order valence-electron chi connectivity index (χ3n) is 2.44. The second-order valence-electron chi connectivity index (χ2n) is 3.77. The molecule has 1 aromatic carbocycles. The average molecular weight is 244 g/mol. The van der Waals surface area contributed by atoms with Gasteiger partial charge in [0.25, 0.3) is 0 Å². The first-order valence-electron chi connectivity index (χ1n) is 5.84. The Morgan fingerprint density at radius 1 is 1.17 bits per heavy atom. The van der Waals surface area contributed by atoms with Crippen LogP contribution in [0.3, 0.4) is 0 Å². The second-order valence-corrected chi connectivity index (χ2v) is 3.77. The summed E-state index contributed by atoms with van der Waals surface area (Å²) in [6.07, 6.45) is 3.16. The number of aliphatic hydroxyl groups excluding tert-OH is 1. The maximum absolute atomic E-state index is 8.86. The lowest BCUT2D eigenvalue weighted by molar-refractivity contribution is 0.0436. The van der Waals surface area contributed by atoms with Gasteiger partial charge in [-0.25, -0.2) is 0 Å². The van der Waals surface area contributed by atoms with Crippen LogP contribution in [-0.4, -0.2) is 23.3 Å². The summed E-state index contributed by atoms with van der Waals surface area (Å²) in [5.41, 5.74) is 1.89. The van der Waals surface area contributed by atoms with Gasteiger partial charge < -0.3 is 15.2 Å². The van der Waals surface area contributed by atoms with Crippen molar-refractivity contribution in [3.8, 4) is 0 Å². The minimum Gasteiger partial charge on any atom is -0.394 e. The van der Waals surface area contributed by atoms with Gasteiger partial charge in [-0.3, -0.25) is 4.98 Å². The first kappa shape index (κ1) is 12.5. The minimum absolute atomic E-state index is 0.00193. The van der Waals surface area contributed by atoms with E-state index in [4.69, 9.17) is 9.84 Å². The summed E-state index contributed by atoms with van der Waals surface area (Å²) in [5, 5.41) is 12.1. The summed E-state index contributed by atoms with van der Waals surface area (Å²) in [6, 6.07) is 13.6. The fourth-order valence-electron chi connectivity index (χ4n) is 1.62. The Kier molecular flexibility index (Phi) is 4.69. The van der Waals surface area contributed by atoms with Gasteiger partial charge in [-0.1, -0.05) is 30.3 Å². The number of anilines is 1. The van der Waals surface area contributed by atoms with E-state index < -0.39 is 0 Å². The van der Waals surface area contributed by atoms with E-state index in [9.17, 15) is 0 Å². The van der Waals surface area contributed by atoms with Gasteiger partial charge >= 0.3 is 0 Å². The molecule has 0 aliphatic rings. The predicted molar refractivity (Wildman–Crippen MR) is 70.1 cm³/mol. The normalized spacial score (nSPS) is 12.1. The highest BCUT2D eigenvalue weighted by atomic mass is 16.5. The van der Waals surface area contributed by atoms with Gasteiger partial charge in [0.2, 0.25) is 0 Å². The molecule has 0 saturated heterocycles. The van der Waals surface area contributed by atoms with Gasteiger partial charge in [0.15, 0.2) is 6.23 Å². The van der Waals surface area contributed by atoms with Gasteiger partial charge in [0, 0.05) is 11.8 Å². The summed E-state index contributed by atoms with van der Waals surface area (Å²) in [5.74, 6) is 0. The molecule has 0 saturated carbocycles. The largest absolute Gasteiger partial charge is 0.394 e. The third-order valence-corrected chi connectivity index (χ3v) is 2.44. The molecule has 94 valence electrons. The van der Waals surface area contributed by atoms with Crippen LogP contribution in [-0.2, 0) is 4.74 Å². The second kappa shape index (κ2) is 6.74. The molecule has 0 spiro atoms. The van der Waals surface area contributed by atoms with E-state index in [0.717, 1.165) is 11.3 Å². The molecule has 4 nitrogen and oxygen atoms in total. The van der Waals surface area contributed by atoms with E-state index in [1.165, 1.54) is 0 Å². The van der Waals surface area contributed by atoms with Crippen LogP contribution in [0.5, 0.6) is 0 Å². The summed E-state index contributed by atoms with van der Waals surface area (Å²) in [6.45, 7) is 0.283.